The number of benzene rings is 4. The maximum atomic E-state index is 11.2. The second-order valence-corrected chi connectivity index (χ2v) is 10.00. The van der Waals surface area contributed by atoms with Crippen molar-refractivity contribution in [2.24, 2.45) is 0 Å². The van der Waals surface area contributed by atoms with Crippen LogP contribution in [0.5, 0.6) is 11.5 Å². The molecular weight excluding hydrogens is 570 g/mol. The molecule has 0 fully saturated rings. The van der Waals surface area contributed by atoms with Crippen molar-refractivity contribution in [3.8, 4) is 35.2 Å². The standard InChI is InChI=1S/C36H27N3O6/c1-24-3-5-27(6-4-24)21-39-22-32(37-38-39)23-45-34-20-30(17-11-25-7-13-28(14-8-25)35(40)41)33(44-2)19-31(34)18-12-26-9-15-29(16-10-26)36(42)43/h3-10,13-16,19-20,22H,21,23H2,1-2H3,(H,40,41)(H,42,43). The first-order valence-electron chi connectivity index (χ1n) is 13.8. The van der Waals surface area contributed by atoms with Gasteiger partial charge < -0.3 is 19.7 Å². The lowest BCUT2D eigenvalue weighted by Crippen LogP contribution is -2.01. The molecule has 0 saturated heterocycles. The number of aromatic carboxylic acids is 2. The summed E-state index contributed by atoms with van der Waals surface area (Å²) in [6.45, 7) is 2.73. The van der Waals surface area contributed by atoms with E-state index in [0.717, 1.165) is 5.56 Å². The fraction of sp³-hybridized carbons (Fsp3) is 0.111. The van der Waals surface area contributed by atoms with Gasteiger partial charge in [0.1, 0.15) is 23.8 Å². The highest BCUT2D eigenvalue weighted by Gasteiger charge is 2.12. The number of methoxy groups -OCH3 is 1. The average Bonchev–Trinajstić information content (AvgIpc) is 3.50. The third-order valence-corrected chi connectivity index (χ3v) is 6.68. The lowest BCUT2D eigenvalue weighted by molar-refractivity contribution is 0.0686. The first-order chi connectivity index (χ1) is 21.8. The number of carboxylic acids is 2. The number of rotatable bonds is 8. The van der Waals surface area contributed by atoms with Gasteiger partial charge >= 0.3 is 11.9 Å². The quantitative estimate of drug-likeness (QED) is 0.227. The van der Waals surface area contributed by atoms with Crippen LogP contribution in [0.1, 0.15) is 59.8 Å². The smallest absolute Gasteiger partial charge is 0.335 e. The Bertz CT molecular complexity index is 1970. The zero-order valence-corrected chi connectivity index (χ0v) is 24.4. The van der Waals surface area contributed by atoms with Crippen molar-refractivity contribution < 1.29 is 29.3 Å². The van der Waals surface area contributed by atoms with Crippen LogP contribution < -0.4 is 9.47 Å². The summed E-state index contributed by atoms with van der Waals surface area (Å²) in [7, 11) is 1.52. The van der Waals surface area contributed by atoms with E-state index in [9.17, 15) is 14.7 Å². The first kappa shape index (κ1) is 30.1. The molecule has 9 heteroatoms. The van der Waals surface area contributed by atoms with Gasteiger partial charge in [0.05, 0.1) is 42.1 Å². The van der Waals surface area contributed by atoms with Crippen molar-refractivity contribution in [2.45, 2.75) is 20.1 Å². The molecule has 0 aliphatic rings. The molecule has 2 N–H and O–H groups in total. The Morgan fingerprint density at radius 3 is 1.82 bits per heavy atom. The van der Waals surface area contributed by atoms with Crippen LogP contribution in [0.15, 0.2) is 91.1 Å². The zero-order chi connectivity index (χ0) is 31.8. The lowest BCUT2D eigenvalue weighted by atomic mass is 10.1. The van der Waals surface area contributed by atoms with E-state index in [1.165, 1.54) is 36.9 Å². The molecular formula is C36H27N3O6. The van der Waals surface area contributed by atoms with Gasteiger partial charge in [-0.1, -0.05) is 58.7 Å². The normalized spacial score (nSPS) is 10.2. The highest BCUT2D eigenvalue weighted by atomic mass is 16.5. The predicted molar refractivity (Wildman–Crippen MR) is 166 cm³/mol. The van der Waals surface area contributed by atoms with Gasteiger partial charge in [0.2, 0.25) is 0 Å². The number of carboxylic acid groups (broad SMARTS) is 2. The molecule has 9 nitrogen and oxygen atoms in total. The molecule has 0 radical (unpaired) electrons. The summed E-state index contributed by atoms with van der Waals surface area (Å²) in [5.41, 5.74) is 5.55. The van der Waals surface area contributed by atoms with Gasteiger partial charge in [-0.25, -0.2) is 14.3 Å². The summed E-state index contributed by atoms with van der Waals surface area (Å²) in [5, 5.41) is 26.8. The third kappa shape index (κ3) is 7.95. The van der Waals surface area contributed by atoms with Crippen LogP contribution >= 0.6 is 0 Å². The number of ether oxygens (including phenoxy) is 2. The monoisotopic (exact) mass is 597 g/mol. The van der Waals surface area contributed by atoms with Gasteiger partial charge in [-0.05, 0) is 61.0 Å². The fourth-order valence-electron chi connectivity index (χ4n) is 4.23. The van der Waals surface area contributed by atoms with Crippen molar-refractivity contribution in [1.82, 2.24) is 15.0 Å². The number of hydrogen-bond acceptors (Lipinski definition) is 6. The molecule has 4 aromatic carbocycles. The molecule has 5 aromatic rings. The molecule has 0 unspecified atom stereocenters. The Hall–Kier alpha value is -6.32. The number of aromatic nitrogens is 3. The van der Waals surface area contributed by atoms with Crippen LogP contribution in [0.3, 0.4) is 0 Å². The Morgan fingerprint density at radius 1 is 0.756 bits per heavy atom. The molecule has 5 rings (SSSR count). The SMILES string of the molecule is COc1cc(C#Cc2ccc(C(=O)O)cc2)c(OCc2cn(Cc3ccc(C)cc3)nn2)cc1C#Cc1ccc(C(=O)O)cc1. The molecule has 222 valence electrons. The van der Waals surface area contributed by atoms with E-state index in [4.69, 9.17) is 14.6 Å². The fourth-order valence-corrected chi connectivity index (χ4v) is 4.23. The van der Waals surface area contributed by atoms with Gasteiger partial charge in [-0.15, -0.1) is 5.10 Å². The molecule has 0 amide bonds. The highest BCUT2D eigenvalue weighted by molar-refractivity contribution is 5.88. The lowest BCUT2D eigenvalue weighted by Gasteiger charge is -2.11. The van der Waals surface area contributed by atoms with Gasteiger partial charge in [-0.3, -0.25) is 0 Å². The second kappa shape index (κ2) is 13.8. The molecule has 0 aliphatic heterocycles. The van der Waals surface area contributed by atoms with Crippen LogP contribution in [-0.4, -0.2) is 44.3 Å². The minimum atomic E-state index is -1.01. The Labute approximate surface area is 259 Å². The highest BCUT2D eigenvalue weighted by Crippen LogP contribution is 2.29. The minimum absolute atomic E-state index is 0.117. The summed E-state index contributed by atoms with van der Waals surface area (Å²) < 4.78 is 13.5. The average molecular weight is 598 g/mol. The van der Waals surface area contributed by atoms with Crippen LogP contribution in [0.25, 0.3) is 0 Å². The molecule has 0 atom stereocenters. The van der Waals surface area contributed by atoms with Crippen molar-refractivity contribution in [2.75, 3.05) is 7.11 Å². The van der Waals surface area contributed by atoms with Gasteiger partial charge in [0, 0.05) is 23.3 Å². The van der Waals surface area contributed by atoms with Crippen molar-refractivity contribution in [3.05, 3.63) is 141 Å². The van der Waals surface area contributed by atoms with E-state index >= 15 is 0 Å². The second-order valence-electron chi connectivity index (χ2n) is 10.00. The number of carbonyl (C=O) groups is 2. The predicted octanol–water partition coefficient (Wildman–Crippen LogP) is 5.42. The van der Waals surface area contributed by atoms with Gasteiger partial charge in [-0.2, -0.15) is 0 Å². The van der Waals surface area contributed by atoms with Crippen molar-refractivity contribution in [3.63, 3.8) is 0 Å². The molecule has 0 bridgehead atoms. The largest absolute Gasteiger partial charge is 0.495 e. The van der Waals surface area contributed by atoms with Crippen molar-refractivity contribution >= 4 is 11.9 Å². The number of nitrogens with zero attached hydrogens (tertiary/aromatic N) is 3. The minimum Gasteiger partial charge on any atom is -0.495 e. The van der Waals surface area contributed by atoms with Gasteiger partial charge in [0.15, 0.2) is 0 Å². The van der Waals surface area contributed by atoms with Crippen LogP contribution in [0.4, 0.5) is 0 Å². The molecule has 1 aromatic heterocycles. The first-order valence-corrected chi connectivity index (χ1v) is 13.8. The summed E-state index contributed by atoms with van der Waals surface area (Å²) in [6, 6.07) is 24.2. The number of aryl methyl sites for hydroxylation is 1. The van der Waals surface area contributed by atoms with Crippen LogP contribution in [-0.2, 0) is 13.2 Å². The Balaban J connectivity index is 1.43. The van der Waals surface area contributed by atoms with E-state index in [0.29, 0.717) is 46.0 Å². The summed E-state index contributed by atoms with van der Waals surface area (Å²) in [4.78, 5) is 22.4. The molecule has 0 saturated carbocycles. The zero-order valence-electron chi connectivity index (χ0n) is 24.4. The topological polar surface area (TPSA) is 124 Å². The summed E-state index contributed by atoms with van der Waals surface area (Å²) >= 11 is 0. The molecule has 1 heterocycles. The summed E-state index contributed by atoms with van der Waals surface area (Å²) in [6.07, 6.45) is 1.82. The summed E-state index contributed by atoms with van der Waals surface area (Å²) in [5.74, 6) is 11.1. The Kier molecular flexibility index (Phi) is 9.22. The molecule has 0 spiro atoms. The van der Waals surface area contributed by atoms with E-state index in [2.05, 4.69) is 46.1 Å². The van der Waals surface area contributed by atoms with E-state index in [1.54, 1.807) is 41.1 Å². The molecule has 45 heavy (non-hydrogen) atoms. The maximum absolute atomic E-state index is 11.2. The van der Waals surface area contributed by atoms with Crippen molar-refractivity contribution in [1.29, 1.82) is 0 Å². The van der Waals surface area contributed by atoms with E-state index in [-0.39, 0.29) is 17.7 Å². The Morgan fingerprint density at radius 2 is 1.29 bits per heavy atom. The maximum Gasteiger partial charge on any atom is 0.335 e. The molecule has 0 aliphatic carbocycles. The number of hydrogen-bond donors (Lipinski definition) is 2. The van der Waals surface area contributed by atoms with E-state index in [1.807, 2.05) is 25.3 Å². The van der Waals surface area contributed by atoms with E-state index < -0.39 is 11.9 Å². The third-order valence-electron chi connectivity index (χ3n) is 6.68. The van der Waals surface area contributed by atoms with Crippen LogP contribution in [0, 0.1) is 30.6 Å². The van der Waals surface area contributed by atoms with Gasteiger partial charge in [0.25, 0.3) is 0 Å². The van der Waals surface area contributed by atoms with Crippen LogP contribution in [0.2, 0.25) is 0 Å².